The molecule has 0 aromatic heterocycles. The molecule has 0 amide bonds. The molecule has 1 aromatic rings. The van der Waals surface area contributed by atoms with Crippen LogP contribution >= 0.6 is 35.0 Å². The topological polar surface area (TPSA) is 35.2 Å². The lowest BCUT2D eigenvalue weighted by Gasteiger charge is -2.07. The van der Waals surface area contributed by atoms with Gasteiger partial charge in [-0.1, -0.05) is 23.2 Å². The standard InChI is InChI=1S/C10H11Cl2NOS/c1-14-8-2-3-9(13)10(4-8)15-6-7(12)5-11/h2-5H,6,13H2,1H3. The van der Waals surface area contributed by atoms with E-state index in [-0.39, 0.29) is 0 Å². The van der Waals surface area contributed by atoms with E-state index in [0.717, 1.165) is 10.6 Å². The summed E-state index contributed by atoms with van der Waals surface area (Å²) in [6.45, 7) is 0. The lowest BCUT2D eigenvalue weighted by atomic mass is 10.3. The fourth-order valence-electron chi connectivity index (χ4n) is 0.945. The molecule has 0 aliphatic rings. The summed E-state index contributed by atoms with van der Waals surface area (Å²) in [6.07, 6.45) is 0. The molecule has 1 rings (SSSR count). The van der Waals surface area contributed by atoms with Crippen molar-refractivity contribution < 1.29 is 4.74 Å². The molecule has 2 nitrogen and oxygen atoms in total. The summed E-state index contributed by atoms with van der Waals surface area (Å²) in [4.78, 5) is 0.936. The second-order valence-electron chi connectivity index (χ2n) is 2.75. The fraction of sp³-hybridized carbons (Fsp3) is 0.200. The van der Waals surface area contributed by atoms with Crippen molar-refractivity contribution in [3.63, 3.8) is 0 Å². The number of halogens is 2. The van der Waals surface area contributed by atoms with Crippen LogP contribution in [0.1, 0.15) is 0 Å². The highest BCUT2D eigenvalue weighted by Gasteiger charge is 2.03. The number of methoxy groups -OCH3 is 1. The number of nitrogen functional groups attached to an aromatic ring is 1. The molecule has 0 fully saturated rings. The molecule has 0 saturated heterocycles. The Bertz CT molecular complexity index is 368. The van der Waals surface area contributed by atoms with Crippen LogP contribution < -0.4 is 10.5 Å². The number of hydrogen-bond donors (Lipinski definition) is 1. The number of thioether (sulfide) groups is 1. The van der Waals surface area contributed by atoms with Crippen molar-refractivity contribution >= 4 is 40.7 Å². The maximum Gasteiger partial charge on any atom is 0.120 e. The molecule has 15 heavy (non-hydrogen) atoms. The summed E-state index contributed by atoms with van der Waals surface area (Å²) in [7, 11) is 1.62. The predicted octanol–water partition coefficient (Wildman–Crippen LogP) is 3.69. The van der Waals surface area contributed by atoms with E-state index in [4.69, 9.17) is 33.7 Å². The van der Waals surface area contributed by atoms with Crippen LogP contribution in [0.2, 0.25) is 0 Å². The van der Waals surface area contributed by atoms with Crippen LogP contribution in [0.5, 0.6) is 5.75 Å². The van der Waals surface area contributed by atoms with Gasteiger partial charge in [-0.05, 0) is 18.2 Å². The second-order valence-corrected chi connectivity index (χ2v) is 4.47. The molecule has 0 saturated carbocycles. The number of hydrogen-bond acceptors (Lipinski definition) is 3. The Morgan fingerprint density at radius 1 is 1.60 bits per heavy atom. The third-order valence-corrected chi connectivity index (χ3v) is 3.60. The van der Waals surface area contributed by atoms with Gasteiger partial charge in [0, 0.05) is 26.9 Å². The van der Waals surface area contributed by atoms with E-state index in [9.17, 15) is 0 Å². The number of nitrogens with two attached hydrogens (primary N) is 1. The average molecular weight is 264 g/mol. The molecular weight excluding hydrogens is 253 g/mol. The van der Waals surface area contributed by atoms with Crippen molar-refractivity contribution in [1.29, 1.82) is 0 Å². The molecule has 0 heterocycles. The monoisotopic (exact) mass is 263 g/mol. The van der Waals surface area contributed by atoms with Crippen LogP contribution in [-0.4, -0.2) is 12.9 Å². The predicted molar refractivity (Wildman–Crippen MR) is 67.9 cm³/mol. The van der Waals surface area contributed by atoms with Gasteiger partial charge in [-0.15, -0.1) is 11.8 Å². The molecule has 0 spiro atoms. The maximum atomic E-state index is 5.80. The lowest BCUT2D eigenvalue weighted by molar-refractivity contribution is 0.414. The quantitative estimate of drug-likeness (QED) is 0.665. The molecule has 0 radical (unpaired) electrons. The SMILES string of the molecule is COc1ccc(N)c(SCC(Cl)=CCl)c1. The highest BCUT2D eigenvalue weighted by atomic mass is 35.5. The zero-order chi connectivity index (χ0) is 11.3. The summed E-state index contributed by atoms with van der Waals surface area (Å²) >= 11 is 12.8. The van der Waals surface area contributed by atoms with E-state index < -0.39 is 0 Å². The molecular formula is C10H11Cl2NOS. The Morgan fingerprint density at radius 3 is 2.93 bits per heavy atom. The van der Waals surface area contributed by atoms with Gasteiger partial charge >= 0.3 is 0 Å². The third-order valence-electron chi connectivity index (χ3n) is 1.70. The first-order valence-electron chi connectivity index (χ1n) is 4.18. The first kappa shape index (κ1) is 12.6. The smallest absolute Gasteiger partial charge is 0.120 e. The van der Waals surface area contributed by atoms with Gasteiger partial charge in [-0.3, -0.25) is 0 Å². The lowest BCUT2D eigenvalue weighted by Crippen LogP contribution is -1.91. The van der Waals surface area contributed by atoms with Gasteiger partial charge in [0.25, 0.3) is 0 Å². The van der Waals surface area contributed by atoms with E-state index in [0.29, 0.717) is 16.5 Å². The largest absolute Gasteiger partial charge is 0.497 e. The highest BCUT2D eigenvalue weighted by molar-refractivity contribution is 7.99. The number of anilines is 1. The van der Waals surface area contributed by atoms with Gasteiger partial charge < -0.3 is 10.5 Å². The van der Waals surface area contributed by atoms with Crippen LogP contribution in [0, 0.1) is 0 Å². The highest BCUT2D eigenvalue weighted by Crippen LogP contribution is 2.30. The van der Waals surface area contributed by atoms with Crippen molar-refractivity contribution in [2.24, 2.45) is 0 Å². The first-order valence-corrected chi connectivity index (χ1v) is 5.98. The molecule has 0 bridgehead atoms. The normalized spacial score (nSPS) is 11.5. The zero-order valence-corrected chi connectivity index (χ0v) is 10.5. The van der Waals surface area contributed by atoms with E-state index in [1.54, 1.807) is 13.2 Å². The minimum absolute atomic E-state index is 0.587. The van der Waals surface area contributed by atoms with E-state index in [2.05, 4.69) is 0 Å². The van der Waals surface area contributed by atoms with Gasteiger partial charge in [0.05, 0.1) is 7.11 Å². The van der Waals surface area contributed by atoms with Crippen LogP contribution in [-0.2, 0) is 0 Å². The Morgan fingerprint density at radius 2 is 2.33 bits per heavy atom. The van der Waals surface area contributed by atoms with Crippen LogP contribution in [0.15, 0.2) is 33.7 Å². The van der Waals surface area contributed by atoms with Crippen molar-refractivity contribution in [3.05, 3.63) is 28.8 Å². The molecule has 0 atom stereocenters. The van der Waals surface area contributed by atoms with E-state index >= 15 is 0 Å². The fourth-order valence-corrected chi connectivity index (χ4v) is 2.09. The van der Waals surface area contributed by atoms with Crippen molar-refractivity contribution in [2.45, 2.75) is 4.90 Å². The minimum atomic E-state index is 0.587. The van der Waals surface area contributed by atoms with Crippen LogP contribution in [0.4, 0.5) is 5.69 Å². The first-order chi connectivity index (χ1) is 7.17. The summed E-state index contributed by atoms with van der Waals surface area (Å²) in [5.74, 6) is 1.38. The Kier molecular flexibility index (Phi) is 5.15. The van der Waals surface area contributed by atoms with Crippen molar-refractivity contribution in [2.75, 3.05) is 18.6 Å². The van der Waals surface area contributed by atoms with Gasteiger partial charge in [-0.25, -0.2) is 0 Å². The van der Waals surface area contributed by atoms with Crippen molar-refractivity contribution in [1.82, 2.24) is 0 Å². The van der Waals surface area contributed by atoms with Crippen molar-refractivity contribution in [3.8, 4) is 5.75 Å². The summed E-state index contributed by atoms with van der Waals surface area (Å²) in [5, 5.41) is 0.587. The Hall–Kier alpha value is -0.510. The Balaban J connectivity index is 2.75. The summed E-state index contributed by atoms with van der Waals surface area (Å²) < 4.78 is 5.10. The van der Waals surface area contributed by atoms with Gasteiger partial charge in [0.15, 0.2) is 0 Å². The van der Waals surface area contributed by atoms with Gasteiger partial charge in [0.2, 0.25) is 0 Å². The molecule has 2 N–H and O–H groups in total. The van der Waals surface area contributed by atoms with Crippen LogP contribution in [0.25, 0.3) is 0 Å². The minimum Gasteiger partial charge on any atom is -0.497 e. The third kappa shape index (κ3) is 3.86. The molecule has 0 aliphatic carbocycles. The zero-order valence-electron chi connectivity index (χ0n) is 8.17. The van der Waals surface area contributed by atoms with E-state index in [1.807, 2.05) is 12.1 Å². The van der Waals surface area contributed by atoms with E-state index in [1.165, 1.54) is 17.3 Å². The molecule has 0 unspecified atom stereocenters. The maximum absolute atomic E-state index is 5.80. The molecule has 1 aromatic carbocycles. The van der Waals surface area contributed by atoms with Gasteiger partial charge in [-0.2, -0.15) is 0 Å². The van der Waals surface area contributed by atoms with Crippen LogP contribution in [0.3, 0.4) is 0 Å². The average Bonchev–Trinajstić information content (AvgIpc) is 2.27. The molecule has 0 aliphatic heterocycles. The second kappa shape index (κ2) is 6.16. The Labute approximate surface area is 103 Å². The number of rotatable bonds is 4. The molecule has 5 heteroatoms. The molecule has 82 valence electrons. The summed E-state index contributed by atoms with van der Waals surface area (Å²) in [6, 6.07) is 5.50. The summed E-state index contributed by atoms with van der Waals surface area (Å²) in [5.41, 5.74) is 7.86. The number of ether oxygens (including phenoxy) is 1. The number of benzene rings is 1. The van der Waals surface area contributed by atoms with Gasteiger partial charge in [0.1, 0.15) is 5.75 Å².